The van der Waals surface area contributed by atoms with Crippen LogP contribution in [-0.2, 0) is 6.54 Å². The van der Waals surface area contributed by atoms with Gasteiger partial charge in [-0.15, -0.1) is 0 Å². The number of hydrogen-bond donors (Lipinski definition) is 1. The van der Waals surface area contributed by atoms with Crippen LogP contribution in [0.15, 0.2) is 34.8 Å². The molecule has 2 N–H and O–H groups in total. The Balaban J connectivity index is 2.59. The highest BCUT2D eigenvalue weighted by Gasteiger charge is 2.14. The molecule has 0 bridgehead atoms. The van der Waals surface area contributed by atoms with E-state index in [1.54, 1.807) is 24.3 Å². The zero-order valence-corrected chi connectivity index (χ0v) is 12.3. The monoisotopic (exact) mass is 347 g/mol. The van der Waals surface area contributed by atoms with Crippen LogP contribution >= 0.6 is 39.1 Å². The van der Waals surface area contributed by atoms with E-state index in [4.69, 9.17) is 28.9 Å². The van der Waals surface area contributed by atoms with Gasteiger partial charge in [0.25, 0.3) is 0 Å². The minimum atomic E-state index is -0.492. The Kier molecular flexibility index (Phi) is 4.28. The third kappa shape index (κ3) is 2.54. The van der Waals surface area contributed by atoms with Crippen molar-refractivity contribution in [2.75, 3.05) is 0 Å². The summed E-state index contributed by atoms with van der Waals surface area (Å²) in [7, 11) is 0. The van der Waals surface area contributed by atoms with Gasteiger partial charge in [-0.3, -0.25) is 0 Å². The first-order valence-electron chi connectivity index (χ1n) is 5.17. The lowest BCUT2D eigenvalue weighted by Crippen LogP contribution is -1.96. The van der Waals surface area contributed by atoms with Crippen LogP contribution in [0.2, 0.25) is 10.0 Å². The summed E-state index contributed by atoms with van der Waals surface area (Å²) in [6, 6.07) is 8.61. The standard InChI is InChI=1S/C13H9BrCl2FN/c14-10-4-3-9(13(17)12(10)16)8-2-1-7(6-18)5-11(8)15/h1-5H,6,18H2. The van der Waals surface area contributed by atoms with Crippen molar-refractivity contribution in [1.82, 2.24) is 0 Å². The molecule has 0 heterocycles. The maximum absolute atomic E-state index is 14.1. The maximum Gasteiger partial charge on any atom is 0.150 e. The van der Waals surface area contributed by atoms with Crippen LogP contribution in [0.3, 0.4) is 0 Å². The lowest BCUT2D eigenvalue weighted by Gasteiger charge is -2.09. The molecule has 0 atom stereocenters. The molecule has 2 rings (SSSR count). The Morgan fingerprint density at radius 2 is 1.78 bits per heavy atom. The molecular formula is C13H9BrCl2FN. The van der Waals surface area contributed by atoms with Gasteiger partial charge in [0.1, 0.15) is 0 Å². The molecule has 0 amide bonds. The summed E-state index contributed by atoms with van der Waals surface area (Å²) in [6.07, 6.45) is 0. The highest BCUT2D eigenvalue weighted by atomic mass is 79.9. The van der Waals surface area contributed by atoms with Gasteiger partial charge in [-0.25, -0.2) is 4.39 Å². The Labute approximate surface area is 123 Å². The van der Waals surface area contributed by atoms with Crippen molar-refractivity contribution in [1.29, 1.82) is 0 Å². The number of nitrogens with two attached hydrogens (primary N) is 1. The van der Waals surface area contributed by atoms with E-state index in [-0.39, 0.29) is 5.02 Å². The summed E-state index contributed by atoms with van der Waals surface area (Å²) in [5.74, 6) is -0.492. The van der Waals surface area contributed by atoms with E-state index in [2.05, 4.69) is 15.9 Å². The summed E-state index contributed by atoms with van der Waals surface area (Å²) in [4.78, 5) is 0. The molecule has 2 aromatic rings. The van der Waals surface area contributed by atoms with Gasteiger partial charge in [0.05, 0.1) is 5.02 Å². The minimum absolute atomic E-state index is 0.0477. The second-order valence-corrected chi connectivity index (χ2v) is 5.38. The van der Waals surface area contributed by atoms with E-state index in [0.29, 0.717) is 27.2 Å². The Morgan fingerprint density at radius 1 is 1.11 bits per heavy atom. The van der Waals surface area contributed by atoms with Crippen LogP contribution in [-0.4, -0.2) is 0 Å². The predicted octanol–water partition coefficient (Wildman–Crippen LogP) is 5.02. The predicted molar refractivity (Wildman–Crippen MR) is 77.4 cm³/mol. The lowest BCUT2D eigenvalue weighted by molar-refractivity contribution is 0.631. The van der Waals surface area contributed by atoms with E-state index in [1.165, 1.54) is 0 Å². The van der Waals surface area contributed by atoms with Crippen molar-refractivity contribution in [2.24, 2.45) is 5.73 Å². The van der Waals surface area contributed by atoms with Crippen molar-refractivity contribution in [3.63, 3.8) is 0 Å². The summed E-state index contributed by atoms with van der Waals surface area (Å²) in [5, 5.41) is 0.502. The molecule has 0 saturated carbocycles. The SMILES string of the molecule is NCc1ccc(-c2ccc(Br)c(Cl)c2F)c(Cl)c1. The number of halogens is 4. The summed E-state index contributed by atoms with van der Waals surface area (Å²) in [6.45, 7) is 0.392. The van der Waals surface area contributed by atoms with Crippen LogP contribution in [0.5, 0.6) is 0 Å². The number of rotatable bonds is 2. The number of hydrogen-bond acceptors (Lipinski definition) is 1. The van der Waals surface area contributed by atoms with E-state index in [0.717, 1.165) is 5.56 Å². The molecule has 0 radical (unpaired) electrons. The van der Waals surface area contributed by atoms with E-state index >= 15 is 0 Å². The van der Waals surface area contributed by atoms with Gasteiger partial charge >= 0.3 is 0 Å². The molecule has 1 nitrogen and oxygen atoms in total. The van der Waals surface area contributed by atoms with E-state index < -0.39 is 5.82 Å². The fourth-order valence-electron chi connectivity index (χ4n) is 1.64. The molecule has 0 aromatic heterocycles. The molecule has 0 aliphatic rings. The molecule has 5 heteroatoms. The van der Waals surface area contributed by atoms with Crippen molar-refractivity contribution in [3.05, 3.63) is 56.2 Å². The van der Waals surface area contributed by atoms with Gasteiger partial charge < -0.3 is 5.73 Å². The molecule has 94 valence electrons. The molecule has 0 aliphatic heterocycles. The van der Waals surface area contributed by atoms with E-state index in [1.807, 2.05) is 6.07 Å². The van der Waals surface area contributed by atoms with Crippen molar-refractivity contribution < 1.29 is 4.39 Å². The fraction of sp³-hybridized carbons (Fsp3) is 0.0769. The lowest BCUT2D eigenvalue weighted by atomic mass is 10.0. The average molecular weight is 349 g/mol. The van der Waals surface area contributed by atoms with Crippen LogP contribution < -0.4 is 5.73 Å². The van der Waals surface area contributed by atoms with Gasteiger partial charge in [-0.1, -0.05) is 41.4 Å². The molecule has 2 aromatic carbocycles. The first-order valence-corrected chi connectivity index (χ1v) is 6.72. The normalized spacial score (nSPS) is 10.7. The molecule has 0 fully saturated rings. The minimum Gasteiger partial charge on any atom is -0.326 e. The van der Waals surface area contributed by atoms with Gasteiger partial charge in [0.15, 0.2) is 5.82 Å². The van der Waals surface area contributed by atoms with Gasteiger partial charge in [0.2, 0.25) is 0 Å². The Bertz CT molecular complexity index is 602. The first kappa shape index (κ1) is 13.8. The highest BCUT2D eigenvalue weighted by Crippen LogP contribution is 2.36. The van der Waals surface area contributed by atoms with Gasteiger partial charge in [0, 0.05) is 27.2 Å². The zero-order chi connectivity index (χ0) is 13.3. The van der Waals surface area contributed by atoms with Crippen molar-refractivity contribution >= 4 is 39.1 Å². The summed E-state index contributed by atoms with van der Waals surface area (Å²) in [5.41, 5.74) is 7.39. The van der Waals surface area contributed by atoms with Crippen LogP contribution in [0.4, 0.5) is 4.39 Å². The zero-order valence-electron chi connectivity index (χ0n) is 9.18. The molecule has 0 saturated heterocycles. The van der Waals surface area contributed by atoms with Crippen LogP contribution in [0.1, 0.15) is 5.56 Å². The number of benzene rings is 2. The highest BCUT2D eigenvalue weighted by molar-refractivity contribution is 9.10. The van der Waals surface area contributed by atoms with E-state index in [9.17, 15) is 4.39 Å². The van der Waals surface area contributed by atoms with Gasteiger partial charge in [-0.05, 0) is 33.6 Å². The van der Waals surface area contributed by atoms with Crippen LogP contribution in [0, 0.1) is 5.82 Å². The largest absolute Gasteiger partial charge is 0.326 e. The Hall–Kier alpha value is -0.610. The molecule has 0 aliphatic carbocycles. The summed E-state index contributed by atoms with van der Waals surface area (Å²) >= 11 is 15.2. The second-order valence-electron chi connectivity index (χ2n) is 3.74. The third-order valence-corrected chi connectivity index (χ3v) is 4.17. The third-order valence-electron chi connectivity index (χ3n) is 2.59. The molecular weight excluding hydrogens is 340 g/mol. The molecule has 0 unspecified atom stereocenters. The quantitative estimate of drug-likeness (QED) is 0.757. The van der Waals surface area contributed by atoms with Gasteiger partial charge in [-0.2, -0.15) is 0 Å². The Morgan fingerprint density at radius 3 is 2.39 bits per heavy atom. The summed E-state index contributed by atoms with van der Waals surface area (Å²) < 4.78 is 14.6. The smallest absolute Gasteiger partial charge is 0.150 e. The molecule has 0 spiro atoms. The van der Waals surface area contributed by atoms with Crippen molar-refractivity contribution in [3.8, 4) is 11.1 Å². The average Bonchev–Trinajstić information content (AvgIpc) is 2.37. The van der Waals surface area contributed by atoms with Crippen LogP contribution in [0.25, 0.3) is 11.1 Å². The second kappa shape index (κ2) is 5.57. The maximum atomic E-state index is 14.1. The fourth-order valence-corrected chi connectivity index (χ4v) is 2.41. The van der Waals surface area contributed by atoms with Crippen molar-refractivity contribution in [2.45, 2.75) is 6.54 Å². The molecule has 18 heavy (non-hydrogen) atoms. The topological polar surface area (TPSA) is 26.0 Å². The first-order chi connectivity index (χ1) is 8.54.